The van der Waals surface area contributed by atoms with Gasteiger partial charge in [-0.15, -0.1) is 10.2 Å². The van der Waals surface area contributed by atoms with Crippen LogP contribution in [0, 0.1) is 10.1 Å². The van der Waals surface area contributed by atoms with Gasteiger partial charge in [-0.1, -0.05) is 41.6 Å². The van der Waals surface area contributed by atoms with Gasteiger partial charge in [-0.25, -0.2) is 0 Å². The van der Waals surface area contributed by atoms with Gasteiger partial charge in [0.2, 0.25) is 5.91 Å². The van der Waals surface area contributed by atoms with Gasteiger partial charge in [0.05, 0.1) is 29.5 Å². The number of para-hydroxylation sites is 1. The molecule has 0 saturated carbocycles. The molecule has 0 aliphatic heterocycles. The van der Waals surface area contributed by atoms with Crippen LogP contribution in [0.15, 0.2) is 78.0 Å². The molecule has 4 aromatic rings. The Morgan fingerprint density at radius 1 is 1.12 bits per heavy atom. The maximum atomic E-state index is 12.6. The lowest BCUT2D eigenvalue weighted by molar-refractivity contribution is -0.384. The quantitative estimate of drug-likeness (QED) is 0.202. The molecule has 172 valence electrons. The summed E-state index contributed by atoms with van der Waals surface area (Å²) in [5, 5.41) is 23.5. The van der Waals surface area contributed by atoms with E-state index >= 15 is 0 Å². The number of non-ortho nitro benzene ring substituents is 1. The molecule has 0 atom stereocenters. The van der Waals surface area contributed by atoms with Crippen LogP contribution < -0.4 is 10.1 Å². The number of rotatable bonds is 8. The lowest BCUT2D eigenvalue weighted by Gasteiger charge is -2.11. The number of anilines is 1. The number of nitrogens with zero attached hydrogens (tertiary/aromatic N) is 4. The third-order valence-electron chi connectivity index (χ3n) is 4.75. The Morgan fingerprint density at radius 3 is 2.53 bits per heavy atom. The number of thioether (sulfide) groups is 1. The highest BCUT2D eigenvalue weighted by Gasteiger charge is 2.18. The summed E-state index contributed by atoms with van der Waals surface area (Å²) in [6, 6.07) is 20.8. The van der Waals surface area contributed by atoms with Crippen LogP contribution in [0.1, 0.15) is 0 Å². The van der Waals surface area contributed by atoms with Crippen molar-refractivity contribution in [2.45, 2.75) is 5.16 Å². The average molecular weight is 496 g/mol. The summed E-state index contributed by atoms with van der Waals surface area (Å²) >= 11 is 7.24. The van der Waals surface area contributed by atoms with Crippen LogP contribution in [0.2, 0.25) is 5.02 Å². The van der Waals surface area contributed by atoms with Crippen molar-refractivity contribution in [2.24, 2.45) is 0 Å². The number of carbonyl (C=O) groups excluding carboxylic acids is 1. The van der Waals surface area contributed by atoms with Crippen LogP contribution in [0.25, 0.3) is 17.1 Å². The summed E-state index contributed by atoms with van der Waals surface area (Å²) in [7, 11) is 1.38. The average Bonchev–Trinajstić information content (AvgIpc) is 3.28. The molecule has 34 heavy (non-hydrogen) atoms. The van der Waals surface area contributed by atoms with Crippen LogP contribution in [-0.4, -0.2) is 38.5 Å². The van der Waals surface area contributed by atoms with Gasteiger partial charge in [0.1, 0.15) is 5.75 Å². The van der Waals surface area contributed by atoms with E-state index in [9.17, 15) is 14.9 Å². The number of nitro benzene ring substituents is 1. The fourth-order valence-corrected chi connectivity index (χ4v) is 4.05. The SMILES string of the molecule is COc1cc([N+](=O)[O-])ccc1NC(=O)CSc1nnc(-c2ccc(Cl)cc2)n1-c1ccccc1. The Kier molecular flexibility index (Phi) is 7.09. The van der Waals surface area contributed by atoms with Gasteiger partial charge >= 0.3 is 0 Å². The Labute approximate surface area is 203 Å². The van der Waals surface area contributed by atoms with Crippen molar-refractivity contribution in [3.8, 4) is 22.8 Å². The maximum Gasteiger partial charge on any atom is 0.273 e. The number of carbonyl (C=O) groups is 1. The fourth-order valence-electron chi connectivity index (χ4n) is 3.17. The fraction of sp³-hybridized carbons (Fsp3) is 0.0870. The van der Waals surface area contributed by atoms with Crippen LogP contribution in [-0.2, 0) is 4.79 Å². The molecule has 9 nitrogen and oxygen atoms in total. The van der Waals surface area contributed by atoms with Gasteiger partial charge in [0.25, 0.3) is 5.69 Å². The van der Waals surface area contributed by atoms with Crippen molar-refractivity contribution < 1.29 is 14.5 Å². The molecule has 1 aromatic heterocycles. The maximum absolute atomic E-state index is 12.6. The molecular weight excluding hydrogens is 478 g/mol. The number of halogens is 1. The summed E-state index contributed by atoms with van der Waals surface area (Å²) in [5.74, 6) is 0.520. The highest BCUT2D eigenvalue weighted by atomic mass is 35.5. The first-order valence-electron chi connectivity index (χ1n) is 9.98. The van der Waals surface area contributed by atoms with E-state index in [1.54, 1.807) is 12.1 Å². The molecule has 3 aromatic carbocycles. The first-order chi connectivity index (χ1) is 16.5. The molecule has 0 saturated heterocycles. The van der Waals surface area contributed by atoms with Crippen LogP contribution in [0.4, 0.5) is 11.4 Å². The topological polar surface area (TPSA) is 112 Å². The van der Waals surface area contributed by atoms with Crippen molar-refractivity contribution in [1.29, 1.82) is 0 Å². The third kappa shape index (κ3) is 5.19. The van der Waals surface area contributed by atoms with Gasteiger partial charge in [-0.05, 0) is 42.5 Å². The molecule has 0 bridgehead atoms. The second kappa shape index (κ2) is 10.4. The zero-order chi connectivity index (χ0) is 24.1. The highest BCUT2D eigenvalue weighted by molar-refractivity contribution is 7.99. The van der Waals surface area contributed by atoms with Gasteiger partial charge in [-0.2, -0.15) is 0 Å². The van der Waals surface area contributed by atoms with E-state index < -0.39 is 4.92 Å². The first-order valence-corrected chi connectivity index (χ1v) is 11.3. The monoisotopic (exact) mass is 495 g/mol. The van der Waals surface area contributed by atoms with E-state index in [2.05, 4.69) is 15.5 Å². The number of ether oxygens (including phenoxy) is 1. The number of nitrogens with one attached hydrogen (secondary N) is 1. The first kappa shape index (κ1) is 23.3. The molecule has 0 radical (unpaired) electrons. The minimum atomic E-state index is -0.529. The lowest BCUT2D eigenvalue weighted by Crippen LogP contribution is -2.15. The highest BCUT2D eigenvalue weighted by Crippen LogP contribution is 2.31. The molecule has 0 aliphatic carbocycles. The van der Waals surface area contributed by atoms with Crippen molar-refractivity contribution >= 4 is 40.6 Å². The van der Waals surface area contributed by atoms with E-state index in [4.69, 9.17) is 16.3 Å². The van der Waals surface area contributed by atoms with Crippen molar-refractivity contribution in [3.05, 3.63) is 87.9 Å². The Bertz CT molecular complexity index is 1330. The molecule has 0 spiro atoms. The molecule has 11 heteroatoms. The molecule has 4 rings (SSSR count). The largest absolute Gasteiger partial charge is 0.494 e. The van der Waals surface area contributed by atoms with E-state index in [1.807, 2.05) is 47.0 Å². The lowest BCUT2D eigenvalue weighted by atomic mass is 10.2. The summed E-state index contributed by atoms with van der Waals surface area (Å²) in [6.07, 6.45) is 0. The summed E-state index contributed by atoms with van der Waals surface area (Å²) in [6.45, 7) is 0. The summed E-state index contributed by atoms with van der Waals surface area (Å²) in [4.78, 5) is 23.1. The second-order valence-electron chi connectivity index (χ2n) is 6.96. The Hall–Kier alpha value is -3.89. The Balaban J connectivity index is 1.56. The molecule has 0 unspecified atom stereocenters. The number of hydrogen-bond acceptors (Lipinski definition) is 7. The zero-order valence-corrected chi connectivity index (χ0v) is 19.4. The van der Waals surface area contributed by atoms with Gasteiger partial charge in [0.15, 0.2) is 11.0 Å². The van der Waals surface area contributed by atoms with Crippen LogP contribution in [0.3, 0.4) is 0 Å². The predicted octanol–water partition coefficient (Wildman–Crippen LogP) is 5.24. The van der Waals surface area contributed by atoms with Crippen molar-refractivity contribution in [3.63, 3.8) is 0 Å². The second-order valence-corrected chi connectivity index (χ2v) is 8.34. The number of hydrogen-bond donors (Lipinski definition) is 1. The molecule has 1 N–H and O–H groups in total. The van der Waals surface area contributed by atoms with E-state index in [1.165, 1.54) is 37.1 Å². The number of methoxy groups -OCH3 is 1. The number of aromatic nitrogens is 3. The zero-order valence-electron chi connectivity index (χ0n) is 17.8. The third-order valence-corrected chi connectivity index (χ3v) is 5.93. The van der Waals surface area contributed by atoms with Crippen LogP contribution in [0.5, 0.6) is 5.75 Å². The van der Waals surface area contributed by atoms with Crippen molar-refractivity contribution in [1.82, 2.24) is 14.8 Å². The predicted molar refractivity (Wildman–Crippen MR) is 131 cm³/mol. The number of nitro groups is 1. The number of amides is 1. The smallest absolute Gasteiger partial charge is 0.273 e. The Morgan fingerprint density at radius 2 is 1.85 bits per heavy atom. The molecule has 1 amide bonds. The van der Waals surface area contributed by atoms with E-state index in [0.717, 1.165) is 11.3 Å². The van der Waals surface area contributed by atoms with Gasteiger partial charge in [0, 0.05) is 22.3 Å². The van der Waals surface area contributed by atoms with Gasteiger partial charge in [-0.3, -0.25) is 19.5 Å². The molecular formula is C23H18ClN5O4S. The van der Waals surface area contributed by atoms with E-state index in [-0.39, 0.29) is 23.1 Å². The number of benzene rings is 3. The summed E-state index contributed by atoms with van der Waals surface area (Å²) in [5.41, 5.74) is 1.88. The molecule has 1 heterocycles. The van der Waals surface area contributed by atoms with Gasteiger partial charge < -0.3 is 10.1 Å². The minimum absolute atomic E-state index is 0.0335. The molecule has 0 fully saturated rings. The van der Waals surface area contributed by atoms with E-state index in [0.29, 0.717) is 21.7 Å². The summed E-state index contributed by atoms with van der Waals surface area (Å²) < 4.78 is 7.04. The standard InChI is InChI=1S/C23H18ClN5O4S/c1-33-20-13-18(29(31)32)11-12-19(20)25-21(30)14-34-23-27-26-22(15-7-9-16(24)10-8-15)28(23)17-5-3-2-4-6-17/h2-13H,14H2,1H3,(H,25,30). The van der Waals surface area contributed by atoms with Crippen molar-refractivity contribution in [2.75, 3.05) is 18.2 Å². The van der Waals surface area contributed by atoms with Crippen LogP contribution >= 0.6 is 23.4 Å². The normalized spacial score (nSPS) is 10.6. The molecule has 0 aliphatic rings. The minimum Gasteiger partial charge on any atom is -0.494 e.